The molecule has 0 N–H and O–H groups in total. The van der Waals surface area contributed by atoms with Crippen molar-refractivity contribution in [1.82, 2.24) is 9.97 Å². The van der Waals surface area contributed by atoms with Crippen LogP contribution in [0.2, 0.25) is 0 Å². The van der Waals surface area contributed by atoms with Crippen molar-refractivity contribution >= 4 is 54.2 Å². The Labute approximate surface area is 173 Å². The Morgan fingerprint density at radius 3 is 1.44 bits per heavy atom. The molecular formula is C20H30Br2N2S. The fraction of sp³-hybridized carbons (Fsp3) is 0.700. The van der Waals surface area contributed by atoms with Crippen LogP contribution in [0.15, 0.2) is 7.57 Å². The van der Waals surface area contributed by atoms with E-state index in [4.69, 9.17) is 9.97 Å². The molecule has 25 heavy (non-hydrogen) atoms. The van der Waals surface area contributed by atoms with Crippen LogP contribution in [0.3, 0.4) is 0 Å². The van der Waals surface area contributed by atoms with Crippen molar-refractivity contribution in [2.75, 3.05) is 0 Å². The van der Waals surface area contributed by atoms with Crippen LogP contribution in [0.4, 0.5) is 0 Å². The smallest absolute Gasteiger partial charge is 0.115 e. The van der Waals surface area contributed by atoms with Crippen LogP contribution in [-0.2, 0) is 12.8 Å². The molecule has 0 spiro atoms. The molecule has 5 heteroatoms. The predicted molar refractivity (Wildman–Crippen MR) is 118 cm³/mol. The molecule has 0 atom stereocenters. The van der Waals surface area contributed by atoms with Gasteiger partial charge >= 0.3 is 0 Å². The third-order valence-corrected chi connectivity index (χ3v) is 7.10. The summed E-state index contributed by atoms with van der Waals surface area (Å²) in [5.41, 5.74) is 4.50. The van der Waals surface area contributed by atoms with E-state index in [1.165, 1.54) is 75.6 Å². The van der Waals surface area contributed by atoms with E-state index >= 15 is 0 Å². The second-order valence-electron chi connectivity index (χ2n) is 6.79. The summed E-state index contributed by atoms with van der Waals surface area (Å²) in [5.74, 6) is 0. The lowest BCUT2D eigenvalue weighted by Gasteiger charge is -2.09. The molecule has 140 valence electrons. The minimum absolute atomic E-state index is 1.02. The van der Waals surface area contributed by atoms with Crippen LogP contribution in [0.25, 0.3) is 11.0 Å². The number of unbranched alkanes of at least 4 members (excludes halogenated alkanes) is 8. The van der Waals surface area contributed by atoms with Crippen LogP contribution >= 0.6 is 43.2 Å². The first-order valence-corrected chi connectivity index (χ1v) is 12.2. The highest BCUT2D eigenvalue weighted by Gasteiger charge is 2.15. The summed E-state index contributed by atoms with van der Waals surface area (Å²) in [4.78, 5) is 10.00. The van der Waals surface area contributed by atoms with E-state index in [0.717, 1.165) is 31.4 Å². The summed E-state index contributed by atoms with van der Waals surface area (Å²) in [6, 6.07) is 0. The number of hydrogen-bond donors (Lipinski definition) is 0. The molecule has 0 radical (unpaired) electrons. The van der Waals surface area contributed by atoms with Crippen molar-refractivity contribution in [1.29, 1.82) is 0 Å². The van der Waals surface area contributed by atoms with Gasteiger partial charge in [-0.25, -0.2) is 9.97 Å². The zero-order valence-corrected chi connectivity index (χ0v) is 19.5. The van der Waals surface area contributed by atoms with E-state index < -0.39 is 0 Å². The number of fused-ring (bicyclic) bond motifs is 1. The number of aromatic nitrogens is 2. The summed E-state index contributed by atoms with van der Waals surface area (Å²) >= 11 is 8.97. The van der Waals surface area contributed by atoms with Crippen LogP contribution in [0.1, 0.15) is 89.4 Å². The van der Waals surface area contributed by atoms with Gasteiger partial charge in [-0.05, 0) is 57.5 Å². The normalized spacial score (nSPS) is 11.5. The Hall–Kier alpha value is -0.000000000000000167. The topological polar surface area (TPSA) is 25.8 Å². The molecule has 2 aromatic rings. The molecule has 2 rings (SSSR count). The molecule has 2 nitrogen and oxygen atoms in total. The van der Waals surface area contributed by atoms with E-state index in [-0.39, 0.29) is 0 Å². The van der Waals surface area contributed by atoms with Gasteiger partial charge in [0.05, 0.1) is 19.0 Å². The monoisotopic (exact) mass is 488 g/mol. The second-order valence-corrected chi connectivity index (χ2v) is 10.4. The Balaban J connectivity index is 2.08. The van der Waals surface area contributed by atoms with Gasteiger partial charge in [0.15, 0.2) is 0 Å². The lowest BCUT2D eigenvalue weighted by Crippen LogP contribution is -2.03. The largest absolute Gasteiger partial charge is 0.247 e. The summed E-state index contributed by atoms with van der Waals surface area (Å²) < 4.78 is 2.17. The Kier molecular flexibility index (Phi) is 9.93. The van der Waals surface area contributed by atoms with Gasteiger partial charge in [0.2, 0.25) is 0 Å². The third kappa shape index (κ3) is 6.59. The Morgan fingerprint density at radius 1 is 0.640 bits per heavy atom. The second kappa shape index (κ2) is 11.7. The number of nitrogens with zero attached hydrogens (tertiary/aromatic N) is 2. The summed E-state index contributed by atoms with van der Waals surface area (Å²) in [6.45, 7) is 4.53. The van der Waals surface area contributed by atoms with Gasteiger partial charge in [-0.2, -0.15) is 0 Å². The summed E-state index contributed by atoms with van der Waals surface area (Å²) in [6.07, 6.45) is 15.2. The van der Waals surface area contributed by atoms with Gasteiger partial charge in [-0.3, -0.25) is 0 Å². The standard InChI is InChI=1S/C20H30Br2N2S/c1-3-5-7-9-11-13-15-16(14-12-10-8-6-4-2)24-18-17(23-15)19(21)25-20(18)22/h3-14H2,1-2H3. The number of thiophene rings is 1. The molecule has 0 aromatic carbocycles. The van der Waals surface area contributed by atoms with Crippen molar-refractivity contribution in [3.05, 3.63) is 19.0 Å². The molecule has 0 saturated carbocycles. The predicted octanol–water partition coefficient (Wildman–Crippen LogP) is 8.24. The zero-order valence-electron chi connectivity index (χ0n) is 15.5. The first-order chi connectivity index (χ1) is 12.2. The molecule has 0 aliphatic carbocycles. The minimum Gasteiger partial charge on any atom is -0.247 e. The number of halogens is 2. The number of rotatable bonds is 12. The molecule has 0 aliphatic heterocycles. The van der Waals surface area contributed by atoms with Gasteiger partial charge < -0.3 is 0 Å². The van der Waals surface area contributed by atoms with Crippen LogP contribution in [0.5, 0.6) is 0 Å². The first-order valence-electron chi connectivity index (χ1n) is 9.80. The van der Waals surface area contributed by atoms with Crippen molar-refractivity contribution in [2.45, 2.75) is 90.9 Å². The van der Waals surface area contributed by atoms with E-state index in [0.29, 0.717) is 0 Å². The van der Waals surface area contributed by atoms with Gasteiger partial charge in [0.25, 0.3) is 0 Å². The van der Waals surface area contributed by atoms with Crippen LogP contribution in [0, 0.1) is 0 Å². The van der Waals surface area contributed by atoms with Gasteiger partial charge in [-0.1, -0.05) is 65.2 Å². The minimum atomic E-state index is 1.02. The first kappa shape index (κ1) is 21.3. The highest BCUT2D eigenvalue weighted by atomic mass is 79.9. The van der Waals surface area contributed by atoms with Gasteiger partial charge in [0.1, 0.15) is 11.0 Å². The number of aryl methyl sites for hydroxylation is 2. The highest BCUT2D eigenvalue weighted by Crippen LogP contribution is 2.37. The van der Waals surface area contributed by atoms with Gasteiger partial charge in [-0.15, -0.1) is 11.3 Å². The summed E-state index contributed by atoms with van der Waals surface area (Å²) in [5, 5.41) is 0. The van der Waals surface area contributed by atoms with Crippen molar-refractivity contribution < 1.29 is 0 Å². The SMILES string of the molecule is CCCCCCCc1nc2c(Br)sc(Br)c2nc1CCCCCCC. The quantitative estimate of drug-likeness (QED) is 0.280. The molecule has 0 unspecified atom stereocenters. The molecule has 0 aliphatic rings. The van der Waals surface area contributed by atoms with Crippen molar-refractivity contribution in [2.24, 2.45) is 0 Å². The van der Waals surface area contributed by atoms with E-state index in [1.807, 2.05) is 0 Å². The summed E-state index contributed by atoms with van der Waals surface area (Å²) in [7, 11) is 0. The Morgan fingerprint density at radius 2 is 1.04 bits per heavy atom. The van der Waals surface area contributed by atoms with Crippen molar-refractivity contribution in [3.8, 4) is 0 Å². The highest BCUT2D eigenvalue weighted by molar-refractivity contribution is 9.12. The molecule has 0 amide bonds. The lowest BCUT2D eigenvalue weighted by atomic mass is 10.0. The van der Waals surface area contributed by atoms with Gasteiger partial charge in [0, 0.05) is 0 Å². The molecule has 0 fully saturated rings. The maximum atomic E-state index is 5.00. The lowest BCUT2D eigenvalue weighted by molar-refractivity contribution is 0.612. The average molecular weight is 490 g/mol. The Bertz CT molecular complexity index is 601. The molecule has 0 saturated heterocycles. The average Bonchev–Trinajstić information content (AvgIpc) is 2.88. The van der Waals surface area contributed by atoms with E-state index in [2.05, 4.69) is 45.7 Å². The molecule has 2 aromatic heterocycles. The van der Waals surface area contributed by atoms with E-state index in [9.17, 15) is 0 Å². The zero-order chi connectivity index (χ0) is 18.1. The van der Waals surface area contributed by atoms with E-state index in [1.54, 1.807) is 11.3 Å². The van der Waals surface area contributed by atoms with Crippen molar-refractivity contribution in [3.63, 3.8) is 0 Å². The number of hydrogen-bond acceptors (Lipinski definition) is 3. The molecule has 2 heterocycles. The van der Waals surface area contributed by atoms with Crippen LogP contribution < -0.4 is 0 Å². The maximum Gasteiger partial charge on any atom is 0.115 e. The fourth-order valence-corrected chi connectivity index (χ4v) is 5.96. The molecular weight excluding hydrogens is 460 g/mol. The fourth-order valence-electron chi connectivity index (χ4n) is 3.15. The van der Waals surface area contributed by atoms with Crippen LogP contribution in [-0.4, -0.2) is 9.97 Å². The maximum absolute atomic E-state index is 5.00. The molecule has 0 bridgehead atoms. The third-order valence-electron chi connectivity index (χ3n) is 4.64.